The van der Waals surface area contributed by atoms with Crippen molar-refractivity contribution in [3.8, 4) is 0 Å². The van der Waals surface area contributed by atoms with Crippen LogP contribution in [0.5, 0.6) is 0 Å². The summed E-state index contributed by atoms with van der Waals surface area (Å²) in [6.45, 7) is 4.52. The van der Waals surface area contributed by atoms with Crippen molar-refractivity contribution in [3.63, 3.8) is 0 Å². The zero-order valence-electron chi connectivity index (χ0n) is 18.8. The van der Waals surface area contributed by atoms with E-state index in [2.05, 4.69) is 62.5 Å². The van der Waals surface area contributed by atoms with Gasteiger partial charge in [-0.25, -0.2) is 0 Å². The van der Waals surface area contributed by atoms with Gasteiger partial charge in [0.05, 0.1) is 5.56 Å². The number of anilines is 1. The average Bonchev–Trinajstić information content (AvgIpc) is 2.85. The second kappa shape index (κ2) is 10.8. The van der Waals surface area contributed by atoms with Gasteiger partial charge in [0.2, 0.25) is 5.56 Å². The van der Waals surface area contributed by atoms with Crippen molar-refractivity contribution >= 4 is 27.5 Å². The first-order valence-electron chi connectivity index (χ1n) is 11.2. The molecule has 0 atom stereocenters. The van der Waals surface area contributed by atoms with Gasteiger partial charge in [-0.15, -0.1) is 0 Å². The van der Waals surface area contributed by atoms with Gasteiger partial charge in [0.1, 0.15) is 0 Å². The lowest BCUT2D eigenvalue weighted by Gasteiger charge is -2.28. The minimum absolute atomic E-state index is 0.0737. The number of benzene rings is 2. The maximum absolute atomic E-state index is 13.5. The number of nitrogens with zero attached hydrogens (tertiary/aromatic N) is 3. The lowest BCUT2D eigenvalue weighted by atomic mass is 10.1. The predicted molar refractivity (Wildman–Crippen MR) is 135 cm³/mol. The number of fused-ring (bicyclic) bond motifs is 1. The van der Waals surface area contributed by atoms with E-state index in [1.54, 1.807) is 19.3 Å². The molecule has 6 nitrogen and oxygen atoms in total. The third-order valence-electron chi connectivity index (χ3n) is 5.95. The summed E-state index contributed by atoms with van der Waals surface area (Å²) < 4.78 is 2.44. The summed E-state index contributed by atoms with van der Waals surface area (Å²) in [4.78, 5) is 29.7. The molecule has 0 radical (unpaired) electrons. The van der Waals surface area contributed by atoms with Crippen LogP contribution in [-0.2, 0) is 20.1 Å². The van der Waals surface area contributed by atoms with Crippen molar-refractivity contribution in [2.24, 2.45) is 7.05 Å². The molecule has 0 spiro atoms. The summed E-state index contributed by atoms with van der Waals surface area (Å²) in [5, 5.41) is 3.56. The Bertz CT molecular complexity index is 1160. The van der Waals surface area contributed by atoms with E-state index in [0.717, 1.165) is 48.3 Å². The van der Waals surface area contributed by atoms with Gasteiger partial charge < -0.3 is 14.8 Å². The molecule has 3 aromatic rings. The first kappa shape index (κ1) is 23.3. The van der Waals surface area contributed by atoms with E-state index >= 15 is 0 Å². The number of halogens is 1. The Kier molecular flexibility index (Phi) is 7.62. The highest BCUT2D eigenvalue weighted by Gasteiger charge is 2.20. The van der Waals surface area contributed by atoms with Gasteiger partial charge >= 0.3 is 0 Å². The number of hydrogen-bond donors (Lipinski definition) is 1. The van der Waals surface area contributed by atoms with E-state index in [1.165, 1.54) is 16.2 Å². The Morgan fingerprint density at radius 1 is 1.03 bits per heavy atom. The van der Waals surface area contributed by atoms with E-state index in [1.807, 2.05) is 17.0 Å². The van der Waals surface area contributed by atoms with Crippen molar-refractivity contribution in [1.29, 1.82) is 0 Å². The molecule has 0 bridgehead atoms. The molecule has 0 aliphatic carbocycles. The summed E-state index contributed by atoms with van der Waals surface area (Å²) in [6.07, 6.45) is 2.63. The van der Waals surface area contributed by atoms with Crippen molar-refractivity contribution < 1.29 is 4.79 Å². The van der Waals surface area contributed by atoms with E-state index in [0.29, 0.717) is 18.7 Å². The first-order valence-corrected chi connectivity index (χ1v) is 12.0. The van der Waals surface area contributed by atoms with Crippen molar-refractivity contribution in [3.05, 3.63) is 98.4 Å². The van der Waals surface area contributed by atoms with Crippen molar-refractivity contribution in [1.82, 2.24) is 14.4 Å². The molecule has 1 aromatic heterocycles. The lowest BCUT2D eigenvalue weighted by Crippen LogP contribution is -2.39. The molecule has 2 heterocycles. The molecular formula is C26H29BrN4O2. The quantitative estimate of drug-likeness (QED) is 0.578. The maximum atomic E-state index is 13.5. The van der Waals surface area contributed by atoms with Crippen LogP contribution < -0.4 is 10.9 Å². The Morgan fingerprint density at radius 3 is 2.64 bits per heavy atom. The largest absolute Gasteiger partial charge is 0.385 e. The van der Waals surface area contributed by atoms with E-state index in [4.69, 9.17) is 0 Å². The molecule has 1 aliphatic heterocycles. The molecule has 7 heteroatoms. The fraction of sp³-hybridized carbons (Fsp3) is 0.308. The Hall–Kier alpha value is -2.90. The minimum Gasteiger partial charge on any atom is -0.385 e. The monoisotopic (exact) mass is 508 g/mol. The van der Waals surface area contributed by atoms with Gasteiger partial charge in [-0.1, -0.05) is 46.3 Å². The molecule has 33 heavy (non-hydrogen) atoms. The third-order valence-corrected chi connectivity index (χ3v) is 6.44. The van der Waals surface area contributed by atoms with E-state index in [-0.39, 0.29) is 11.5 Å². The molecule has 1 aliphatic rings. The fourth-order valence-corrected chi connectivity index (χ4v) is 4.53. The highest BCUT2D eigenvalue weighted by Crippen LogP contribution is 2.24. The highest BCUT2D eigenvalue weighted by molar-refractivity contribution is 9.10. The van der Waals surface area contributed by atoms with Gasteiger partial charge in [-0.2, -0.15) is 0 Å². The smallest absolute Gasteiger partial charge is 0.255 e. The van der Waals surface area contributed by atoms with E-state index < -0.39 is 0 Å². The Labute approximate surface area is 203 Å². The molecule has 172 valence electrons. The van der Waals surface area contributed by atoms with Crippen LogP contribution in [0.2, 0.25) is 0 Å². The standard InChI is InChI=1S/C26H29BrN4O2/c1-29-18-21(8-11-25(29)32)26(33)31-15-14-30(17-20-6-3-2-4-7-20)13-5-12-28-24-10-9-23(27)16-22(24)19-31/h2-4,6-11,16,18,28H,5,12-15,17,19H2,1H3. The Balaban J connectivity index is 1.62. The number of pyridine rings is 1. The van der Waals surface area contributed by atoms with Crippen molar-refractivity contribution in [2.45, 2.75) is 19.5 Å². The Morgan fingerprint density at radius 2 is 1.85 bits per heavy atom. The topological polar surface area (TPSA) is 57.6 Å². The average molecular weight is 509 g/mol. The lowest BCUT2D eigenvalue weighted by molar-refractivity contribution is 0.0719. The number of aromatic nitrogens is 1. The number of hydrogen-bond acceptors (Lipinski definition) is 4. The molecular weight excluding hydrogens is 480 g/mol. The fourth-order valence-electron chi connectivity index (χ4n) is 4.13. The summed E-state index contributed by atoms with van der Waals surface area (Å²) in [7, 11) is 1.67. The molecule has 2 aromatic carbocycles. The van der Waals surface area contributed by atoms with Crippen LogP contribution in [0.25, 0.3) is 0 Å². The summed E-state index contributed by atoms with van der Waals surface area (Å²) in [5.41, 5.74) is 3.78. The van der Waals surface area contributed by atoms with Gasteiger partial charge in [0, 0.05) is 68.7 Å². The van der Waals surface area contributed by atoms with Crippen LogP contribution in [0.4, 0.5) is 5.69 Å². The summed E-state index contributed by atoms with van der Waals surface area (Å²) in [5.74, 6) is -0.0737. The highest BCUT2D eigenvalue weighted by atomic mass is 79.9. The number of aryl methyl sites for hydroxylation is 1. The number of carbonyl (C=O) groups excluding carboxylic acids is 1. The third kappa shape index (κ3) is 6.12. The van der Waals surface area contributed by atoms with Crippen LogP contribution in [0.1, 0.15) is 27.9 Å². The van der Waals surface area contributed by atoms with Crippen molar-refractivity contribution in [2.75, 3.05) is 31.5 Å². The van der Waals surface area contributed by atoms with Gasteiger partial charge in [0.25, 0.3) is 5.91 Å². The predicted octanol–water partition coefficient (Wildman–Crippen LogP) is 4.11. The number of nitrogens with one attached hydrogen (secondary N) is 1. The molecule has 0 fully saturated rings. The van der Waals surface area contributed by atoms with Gasteiger partial charge in [0.15, 0.2) is 0 Å². The van der Waals surface area contributed by atoms with E-state index in [9.17, 15) is 9.59 Å². The number of amides is 1. The summed E-state index contributed by atoms with van der Waals surface area (Å²) in [6, 6.07) is 19.7. The van der Waals surface area contributed by atoms with Gasteiger partial charge in [-0.05, 0) is 41.8 Å². The second-order valence-electron chi connectivity index (χ2n) is 8.44. The maximum Gasteiger partial charge on any atom is 0.255 e. The van der Waals surface area contributed by atoms with Crippen LogP contribution >= 0.6 is 15.9 Å². The number of rotatable bonds is 3. The van der Waals surface area contributed by atoms with Crippen LogP contribution in [-0.4, -0.2) is 46.5 Å². The zero-order chi connectivity index (χ0) is 23.2. The summed E-state index contributed by atoms with van der Waals surface area (Å²) >= 11 is 3.57. The molecule has 1 amide bonds. The van der Waals surface area contributed by atoms with Crippen LogP contribution in [0.15, 0.2) is 76.1 Å². The normalized spacial score (nSPS) is 15.3. The minimum atomic E-state index is -0.128. The molecule has 0 saturated carbocycles. The van der Waals surface area contributed by atoms with Crippen LogP contribution in [0, 0.1) is 0 Å². The molecule has 1 N–H and O–H groups in total. The molecule has 0 unspecified atom stereocenters. The number of carbonyl (C=O) groups is 1. The van der Waals surface area contributed by atoms with Gasteiger partial charge in [-0.3, -0.25) is 14.5 Å². The first-order chi connectivity index (χ1) is 16.0. The molecule has 0 saturated heterocycles. The SMILES string of the molecule is Cn1cc(C(=O)N2CCN(Cc3ccccc3)CCCNc3ccc(Br)cc3C2)ccc1=O. The van der Waals surface area contributed by atoms with Crippen LogP contribution in [0.3, 0.4) is 0 Å². The zero-order valence-corrected chi connectivity index (χ0v) is 20.4. The second-order valence-corrected chi connectivity index (χ2v) is 9.35. The molecule has 4 rings (SSSR count).